The van der Waals surface area contributed by atoms with E-state index >= 15 is 0 Å². The van der Waals surface area contributed by atoms with Crippen molar-refractivity contribution in [1.29, 1.82) is 0 Å². The molecule has 0 aliphatic rings. The second-order valence-corrected chi connectivity index (χ2v) is 3.87. The summed E-state index contributed by atoms with van der Waals surface area (Å²) < 4.78 is 13.4. The van der Waals surface area contributed by atoms with Crippen LogP contribution in [0.5, 0.6) is 0 Å². The number of nitrogens with zero attached hydrogens (tertiary/aromatic N) is 1. The average Bonchev–Trinajstić information content (AvgIpc) is 2.17. The number of carboxylic acids is 1. The van der Waals surface area contributed by atoms with Crippen molar-refractivity contribution in [3.05, 3.63) is 30.1 Å². The number of anilines is 1. The third-order valence-corrected chi connectivity index (χ3v) is 2.58. The monoisotopic (exact) mass is 211 g/mol. The molecule has 82 valence electrons. The van der Waals surface area contributed by atoms with Crippen LogP contribution in [0.1, 0.15) is 13.8 Å². The first-order valence-electron chi connectivity index (χ1n) is 4.59. The van der Waals surface area contributed by atoms with E-state index < -0.39 is 17.3 Å². The van der Waals surface area contributed by atoms with Gasteiger partial charge in [-0.05, 0) is 26.0 Å². The fourth-order valence-corrected chi connectivity index (χ4v) is 1.17. The van der Waals surface area contributed by atoms with Crippen LogP contribution in [-0.2, 0) is 4.79 Å². The Balaban J connectivity index is 3.10. The van der Waals surface area contributed by atoms with Gasteiger partial charge in [0.1, 0.15) is 11.4 Å². The maximum Gasteiger partial charge on any atom is 0.328 e. The number of benzene rings is 1. The topological polar surface area (TPSA) is 40.5 Å². The smallest absolute Gasteiger partial charge is 0.328 e. The molecule has 15 heavy (non-hydrogen) atoms. The number of hydrogen-bond donors (Lipinski definition) is 1. The summed E-state index contributed by atoms with van der Waals surface area (Å²) in [6.07, 6.45) is 0. The van der Waals surface area contributed by atoms with Crippen LogP contribution in [0.15, 0.2) is 24.3 Å². The molecular weight excluding hydrogens is 197 g/mol. The first kappa shape index (κ1) is 11.5. The highest BCUT2D eigenvalue weighted by atomic mass is 19.1. The molecule has 0 aliphatic heterocycles. The second-order valence-electron chi connectivity index (χ2n) is 3.87. The van der Waals surface area contributed by atoms with Crippen molar-refractivity contribution >= 4 is 11.7 Å². The molecule has 0 aliphatic carbocycles. The van der Waals surface area contributed by atoms with E-state index in [0.29, 0.717) is 0 Å². The molecule has 0 spiro atoms. The first-order valence-corrected chi connectivity index (χ1v) is 4.59. The Morgan fingerprint density at radius 3 is 2.40 bits per heavy atom. The van der Waals surface area contributed by atoms with Crippen molar-refractivity contribution in [3.63, 3.8) is 0 Å². The summed E-state index contributed by atoms with van der Waals surface area (Å²) in [7, 11) is 1.56. The molecule has 0 bridgehead atoms. The molecule has 4 heteroatoms. The van der Waals surface area contributed by atoms with Crippen molar-refractivity contribution in [1.82, 2.24) is 0 Å². The van der Waals surface area contributed by atoms with Gasteiger partial charge in [0, 0.05) is 7.05 Å². The zero-order valence-electron chi connectivity index (χ0n) is 8.99. The molecule has 0 radical (unpaired) electrons. The SMILES string of the molecule is CN(c1ccccc1F)C(C)(C)C(=O)O. The van der Waals surface area contributed by atoms with Gasteiger partial charge in [-0.25, -0.2) is 9.18 Å². The lowest BCUT2D eigenvalue weighted by molar-refractivity contribution is -0.142. The van der Waals surface area contributed by atoms with Crippen LogP contribution in [0.2, 0.25) is 0 Å². The Hall–Kier alpha value is -1.58. The summed E-state index contributed by atoms with van der Waals surface area (Å²) in [6, 6.07) is 6.11. The Morgan fingerprint density at radius 1 is 1.40 bits per heavy atom. The molecule has 1 N–H and O–H groups in total. The standard InChI is InChI=1S/C11H14FNO2/c1-11(2,10(14)15)13(3)9-7-5-4-6-8(9)12/h4-7H,1-3H3,(H,14,15). The van der Waals surface area contributed by atoms with Crippen LogP contribution in [-0.4, -0.2) is 23.7 Å². The van der Waals surface area contributed by atoms with Crippen LogP contribution in [0, 0.1) is 5.82 Å². The van der Waals surface area contributed by atoms with Crippen molar-refractivity contribution < 1.29 is 14.3 Å². The van der Waals surface area contributed by atoms with Gasteiger partial charge in [-0.3, -0.25) is 0 Å². The van der Waals surface area contributed by atoms with Gasteiger partial charge in [-0.1, -0.05) is 12.1 Å². The summed E-state index contributed by atoms with van der Waals surface area (Å²) in [6.45, 7) is 3.06. The van der Waals surface area contributed by atoms with Crippen molar-refractivity contribution in [2.45, 2.75) is 19.4 Å². The van der Waals surface area contributed by atoms with Gasteiger partial charge in [0.05, 0.1) is 5.69 Å². The van der Waals surface area contributed by atoms with Crippen molar-refractivity contribution in [3.8, 4) is 0 Å². The third-order valence-electron chi connectivity index (χ3n) is 2.58. The molecule has 1 aromatic carbocycles. The number of aliphatic carboxylic acids is 1. The molecule has 0 aromatic heterocycles. The molecular formula is C11H14FNO2. The van der Waals surface area contributed by atoms with Gasteiger partial charge in [-0.2, -0.15) is 0 Å². The van der Waals surface area contributed by atoms with E-state index in [-0.39, 0.29) is 5.69 Å². The molecule has 3 nitrogen and oxygen atoms in total. The zero-order chi connectivity index (χ0) is 11.6. The van der Waals surface area contributed by atoms with Crippen molar-refractivity contribution in [2.75, 3.05) is 11.9 Å². The maximum absolute atomic E-state index is 13.4. The Morgan fingerprint density at radius 2 is 1.93 bits per heavy atom. The summed E-state index contributed by atoms with van der Waals surface area (Å²) in [5.74, 6) is -1.41. The Kier molecular flexibility index (Phi) is 2.98. The van der Waals surface area contributed by atoms with E-state index in [1.54, 1.807) is 25.2 Å². The molecule has 0 amide bonds. The van der Waals surface area contributed by atoms with E-state index in [1.165, 1.54) is 24.8 Å². The normalized spacial score (nSPS) is 11.2. The van der Waals surface area contributed by atoms with E-state index in [9.17, 15) is 9.18 Å². The lowest BCUT2D eigenvalue weighted by atomic mass is 10.0. The van der Waals surface area contributed by atoms with E-state index in [1.807, 2.05) is 0 Å². The summed E-state index contributed by atoms with van der Waals surface area (Å²) in [5, 5.41) is 9.00. The highest BCUT2D eigenvalue weighted by Crippen LogP contribution is 2.24. The Bertz CT molecular complexity index is 377. The first-order chi connectivity index (χ1) is 6.87. The fraction of sp³-hybridized carbons (Fsp3) is 0.364. The van der Waals surface area contributed by atoms with Crippen LogP contribution in [0.3, 0.4) is 0 Å². The largest absolute Gasteiger partial charge is 0.480 e. The lowest BCUT2D eigenvalue weighted by Gasteiger charge is -2.33. The number of hydrogen-bond acceptors (Lipinski definition) is 2. The molecule has 0 unspecified atom stereocenters. The quantitative estimate of drug-likeness (QED) is 0.832. The van der Waals surface area contributed by atoms with Gasteiger partial charge in [-0.15, -0.1) is 0 Å². The minimum absolute atomic E-state index is 0.282. The van der Waals surface area contributed by atoms with Gasteiger partial charge < -0.3 is 10.0 Å². The summed E-state index contributed by atoms with van der Waals surface area (Å²) in [4.78, 5) is 12.4. The number of carbonyl (C=O) groups is 1. The number of rotatable bonds is 3. The predicted molar refractivity (Wildman–Crippen MR) is 56.5 cm³/mol. The zero-order valence-corrected chi connectivity index (χ0v) is 8.99. The molecule has 0 saturated carbocycles. The van der Waals surface area contributed by atoms with Gasteiger partial charge in [0.2, 0.25) is 0 Å². The van der Waals surface area contributed by atoms with Gasteiger partial charge in [0.25, 0.3) is 0 Å². The van der Waals surface area contributed by atoms with E-state index in [2.05, 4.69) is 0 Å². The van der Waals surface area contributed by atoms with E-state index in [0.717, 1.165) is 0 Å². The third kappa shape index (κ3) is 2.09. The van der Waals surface area contributed by atoms with Gasteiger partial charge >= 0.3 is 5.97 Å². The summed E-state index contributed by atoms with van der Waals surface area (Å²) in [5.41, 5.74) is -0.854. The molecule has 0 saturated heterocycles. The average molecular weight is 211 g/mol. The number of para-hydroxylation sites is 1. The van der Waals surface area contributed by atoms with Crippen molar-refractivity contribution in [2.24, 2.45) is 0 Å². The minimum atomic E-state index is -1.14. The minimum Gasteiger partial charge on any atom is -0.480 e. The predicted octanol–water partition coefficient (Wildman–Crippen LogP) is 2.13. The lowest BCUT2D eigenvalue weighted by Crippen LogP contribution is -2.48. The van der Waals surface area contributed by atoms with Crippen LogP contribution < -0.4 is 4.90 Å². The highest BCUT2D eigenvalue weighted by molar-refractivity contribution is 5.82. The molecule has 0 fully saturated rings. The molecule has 0 heterocycles. The Labute approximate surface area is 88.1 Å². The second kappa shape index (κ2) is 3.88. The molecule has 0 atom stereocenters. The van der Waals surface area contributed by atoms with Crippen LogP contribution in [0.4, 0.5) is 10.1 Å². The fourth-order valence-electron chi connectivity index (χ4n) is 1.17. The van der Waals surface area contributed by atoms with Crippen LogP contribution in [0.25, 0.3) is 0 Å². The summed E-state index contributed by atoms with van der Waals surface area (Å²) >= 11 is 0. The highest BCUT2D eigenvalue weighted by Gasteiger charge is 2.33. The van der Waals surface area contributed by atoms with E-state index in [4.69, 9.17) is 5.11 Å². The number of halogens is 1. The molecule has 1 aromatic rings. The van der Waals surface area contributed by atoms with Gasteiger partial charge in [0.15, 0.2) is 0 Å². The van der Waals surface area contributed by atoms with Crippen LogP contribution >= 0.6 is 0 Å². The maximum atomic E-state index is 13.4. The molecule has 1 rings (SSSR count). The number of likely N-dealkylation sites (N-methyl/N-ethyl adjacent to an activating group) is 1. The number of carboxylic acid groups (broad SMARTS) is 1.